The molecule has 0 saturated heterocycles. The molecule has 0 aromatic heterocycles. The third kappa shape index (κ3) is 11.7. The number of hydrogen-bond acceptors (Lipinski definition) is 8. The summed E-state index contributed by atoms with van der Waals surface area (Å²) in [4.78, 5) is 4.15. The van der Waals surface area contributed by atoms with Gasteiger partial charge in [-0.25, -0.2) is 4.58 Å². The first-order valence-corrected chi connectivity index (χ1v) is 24.8. The second-order valence-corrected chi connectivity index (χ2v) is 18.5. The van der Waals surface area contributed by atoms with E-state index in [9.17, 15) is 25.9 Å². The predicted molar refractivity (Wildman–Crippen MR) is 266 cm³/mol. The maximum atomic E-state index is 11.8. The van der Waals surface area contributed by atoms with Gasteiger partial charge in [0, 0.05) is 65.8 Å². The summed E-state index contributed by atoms with van der Waals surface area (Å²) in [5.41, 5.74) is 11.6. The Kier molecular flexibility index (Phi) is 15.0. The Morgan fingerprint density at radius 1 is 0.591 bits per heavy atom. The van der Waals surface area contributed by atoms with Crippen LogP contribution in [0.2, 0.25) is 0 Å². The van der Waals surface area contributed by atoms with Gasteiger partial charge in [0.15, 0.2) is 12.3 Å². The summed E-state index contributed by atoms with van der Waals surface area (Å²) in [7, 11) is -8.62. The number of allylic oxidation sites excluding steroid dienone is 5. The van der Waals surface area contributed by atoms with E-state index in [-0.39, 0.29) is 9.79 Å². The van der Waals surface area contributed by atoms with Gasteiger partial charge in [0.2, 0.25) is 0 Å². The summed E-state index contributed by atoms with van der Waals surface area (Å²) >= 11 is 0. The fourth-order valence-electron chi connectivity index (χ4n) is 8.01. The monoisotopic (exact) mass is 923 g/mol. The highest BCUT2D eigenvalue weighted by molar-refractivity contribution is 7.86. The van der Waals surface area contributed by atoms with Crippen molar-refractivity contribution in [1.29, 1.82) is 0 Å². The Morgan fingerprint density at radius 3 is 1.61 bits per heavy atom. The minimum atomic E-state index is -4.32. The Balaban J connectivity index is 1.17. The quantitative estimate of drug-likeness (QED) is 0.0564. The molecule has 7 rings (SSSR count). The molecule has 1 aliphatic rings. The second-order valence-electron chi connectivity index (χ2n) is 15.7. The van der Waals surface area contributed by atoms with Gasteiger partial charge in [-0.2, -0.15) is 16.8 Å². The van der Waals surface area contributed by atoms with Crippen molar-refractivity contribution < 1.29 is 35.3 Å². The molecule has 0 aliphatic heterocycles. The summed E-state index contributed by atoms with van der Waals surface area (Å²) in [5, 5.41) is 3.50. The maximum Gasteiger partial charge on any atom is 0.294 e. The van der Waals surface area contributed by atoms with Gasteiger partial charge in [-0.05, 0) is 165 Å². The molecule has 6 aromatic carbocycles. The molecule has 13 heteroatoms. The molecule has 0 heterocycles. The molecule has 0 spiro atoms. The zero-order valence-electron chi connectivity index (χ0n) is 37.5. The van der Waals surface area contributed by atoms with E-state index >= 15 is 0 Å². The molecule has 3 N–H and O–H groups in total. The van der Waals surface area contributed by atoms with E-state index in [4.69, 9.17) is 4.74 Å². The van der Waals surface area contributed by atoms with Crippen LogP contribution >= 0.6 is 0 Å². The van der Waals surface area contributed by atoms with Gasteiger partial charge in [0.25, 0.3) is 20.2 Å². The van der Waals surface area contributed by atoms with Crippen molar-refractivity contribution in [3.63, 3.8) is 0 Å². The van der Waals surface area contributed by atoms with Gasteiger partial charge >= 0.3 is 0 Å². The minimum Gasteiger partial charge on any atom is -0.494 e. The molecule has 0 atom stereocenters. The first kappa shape index (κ1) is 47.2. The van der Waals surface area contributed by atoms with Gasteiger partial charge in [0.1, 0.15) is 12.3 Å². The van der Waals surface area contributed by atoms with Gasteiger partial charge in [-0.1, -0.05) is 48.5 Å². The van der Waals surface area contributed by atoms with E-state index < -0.39 is 20.2 Å². The zero-order valence-corrected chi connectivity index (χ0v) is 39.1. The molecule has 6 aromatic rings. The third-order valence-corrected chi connectivity index (χ3v) is 13.1. The molecule has 66 heavy (non-hydrogen) atoms. The lowest BCUT2D eigenvalue weighted by Crippen LogP contribution is -2.22. The van der Waals surface area contributed by atoms with Crippen LogP contribution in [0.3, 0.4) is 0 Å². The topological polar surface area (TPSA) is 139 Å². The van der Waals surface area contributed by atoms with Crippen molar-refractivity contribution in [2.75, 3.05) is 41.4 Å². The maximum absolute atomic E-state index is 11.8. The number of benzene rings is 6. The number of ether oxygens (including phenoxy) is 1. The largest absolute Gasteiger partial charge is 0.494 e. The van der Waals surface area contributed by atoms with Crippen molar-refractivity contribution >= 4 is 60.0 Å². The Morgan fingerprint density at radius 2 is 1.09 bits per heavy atom. The van der Waals surface area contributed by atoms with Crippen LogP contribution in [0.4, 0.5) is 28.4 Å². The summed E-state index contributed by atoms with van der Waals surface area (Å²) in [6.07, 6.45) is 8.40. The third-order valence-electron chi connectivity index (χ3n) is 11.4. The van der Waals surface area contributed by atoms with Crippen LogP contribution in [0, 0.1) is 0 Å². The SMILES string of the molecule is CCOc1ccc(Nc2ccc(C(=C3C=CC(=[N+](CC)Cc4cccc(S(=O)(=O)O)c4)C=C3)c3ccc(N(CC)c4ccc(N(CC)Cc5cccc(S(=O)(=O)O)c5)cc4)cc3)cc2)cc1. The van der Waals surface area contributed by atoms with Crippen LogP contribution in [0.25, 0.3) is 5.57 Å². The van der Waals surface area contributed by atoms with Gasteiger partial charge in [0.05, 0.1) is 16.4 Å². The molecule has 11 nitrogen and oxygen atoms in total. The molecule has 340 valence electrons. The first-order valence-electron chi connectivity index (χ1n) is 21.9. The van der Waals surface area contributed by atoms with Gasteiger partial charge in [-0.3, -0.25) is 9.11 Å². The highest BCUT2D eigenvalue weighted by Gasteiger charge is 2.19. The average molecular weight is 924 g/mol. The van der Waals surface area contributed by atoms with Crippen molar-refractivity contribution in [3.05, 3.63) is 198 Å². The van der Waals surface area contributed by atoms with Crippen molar-refractivity contribution in [2.45, 2.75) is 50.6 Å². The molecular weight excluding hydrogens is 869 g/mol. The van der Waals surface area contributed by atoms with Crippen LogP contribution in [0.5, 0.6) is 5.75 Å². The highest BCUT2D eigenvalue weighted by Crippen LogP contribution is 2.34. The minimum absolute atomic E-state index is 0.120. The smallest absolute Gasteiger partial charge is 0.294 e. The lowest BCUT2D eigenvalue weighted by Gasteiger charge is -2.27. The molecule has 0 fully saturated rings. The van der Waals surface area contributed by atoms with E-state index in [0.717, 1.165) is 79.8 Å². The van der Waals surface area contributed by atoms with E-state index in [1.807, 2.05) is 50.2 Å². The van der Waals surface area contributed by atoms with E-state index in [1.165, 1.54) is 24.3 Å². The number of hydrogen-bond donors (Lipinski definition) is 3. The highest BCUT2D eigenvalue weighted by atomic mass is 32.2. The molecule has 0 bridgehead atoms. The molecule has 0 amide bonds. The lowest BCUT2D eigenvalue weighted by atomic mass is 9.90. The number of nitrogens with one attached hydrogen (secondary N) is 1. The van der Waals surface area contributed by atoms with Crippen molar-refractivity contribution in [1.82, 2.24) is 0 Å². The van der Waals surface area contributed by atoms with Gasteiger partial charge in [-0.15, -0.1) is 0 Å². The van der Waals surface area contributed by atoms with E-state index in [0.29, 0.717) is 32.8 Å². The van der Waals surface area contributed by atoms with Crippen LogP contribution in [-0.2, 0) is 33.3 Å². The molecule has 0 radical (unpaired) electrons. The van der Waals surface area contributed by atoms with E-state index in [2.05, 4.69) is 131 Å². The Hall–Kier alpha value is -6.77. The fraction of sp³-hybridized carbons (Fsp3) is 0.189. The number of rotatable bonds is 18. The molecule has 0 unspecified atom stereocenters. The Labute approximate surface area is 388 Å². The predicted octanol–water partition coefficient (Wildman–Crippen LogP) is 11.1. The van der Waals surface area contributed by atoms with Crippen molar-refractivity contribution in [2.24, 2.45) is 0 Å². The van der Waals surface area contributed by atoms with Crippen molar-refractivity contribution in [3.8, 4) is 5.75 Å². The van der Waals surface area contributed by atoms with Crippen LogP contribution in [-0.4, -0.2) is 62.5 Å². The first-order chi connectivity index (χ1) is 31.8. The van der Waals surface area contributed by atoms with Crippen LogP contribution in [0.15, 0.2) is 185 Å². The molecular formula is C53H55N4O7S2+. The van der Waals surface area contributed by atoms with Crippen LogP contribution in [0.1, 0.15) is 49.9 Å². The number of nitrogens with zero attached hydrogens (tertiary/aromatic N) is 3. The molecule has 1 aliphatic carbocycles. The normalized spacial score (nSPS) is 12.5. The Bertz CT molecular complexity index is 2980. The standard InChI is InChI=1S/C53H54N4O7S2/c1-5-55(37-39-11-9-13-51(35-39)65(58,59)60)46-25-17-42(18-26-46)53(41-15-21-44(22-16-41)54-45-23-33-50(34-24-45)64-8-4)43-19-27-48(28-20-43)57(7-3)49-31-29-47(30-32-49)56(6-2)38-40-12-10-14-52(36-40)66(61,62)63/h9-36H,5-8,37-38H2,1-4H3,(H2,58,59,60,61,62,63)/p+1. The zero-order chi connectivity index (χ0) is 46.8. The van der Waals surface area contributed by atoms with Gasteiger partial charge < -0.3 is 19.9 Å². The summed E-state index contributed by atoms with van der Waals surface area (Å²) in [6.45, 7) is 11.8. The summed E-state index contributed by atoms with van der Waals surface area (Å²) in [5.74, 6) is 0.823. The average Bonchev–Trinajstić information content (AvgIpc) is 3.32. The second kappa shape index (κ2) is 21.0. The number of anilines is 5. The van der Waals surface area contributed by atoms with Crippen LogP contribution < -0.4 is 19.9 Å². The summed E-state index contributed by atoms with van der Waals surface area (Å²) in [6, 6.07) is 46.0. The molecule has 0 saturated carbocycles. The summed E-state index contributed by atoms with van der Waals surface area (Å²) < 4.78 is 74.1. The van der Waals surface area contributed by atoms with E-state index in [1.54, 1.807) is 12.1 Å². The fourth-order valence-corrected chi connectivity index (χ4v) is 9.12. The lowest BCUT2D eigenvalue weighted by molar-refractivity contribution is -0.539.